The lowest BCUT2D eigenvalue weighted by atomic mass is 10.2. The molecule has 1 atom stereocenters. The molecule has 8 nitrogen and oxygen atoms in total. The first-order valence-corrected chi connectivity index (χ1v) is 12.2. The molecule has 2 aromatic carbocycles. The van der Waals surface area contributed by atoms with Gasteiger partial charge in [0.2, 0.25) is 0 Å². The molecule has 11 heteroatoms. The van der Waals surface area contributed by atoms with Crippen LogP contribution in [0, 0.1) is 11.6 Å². The lowest BCUT2D eigenvalue weighted by Crippen LogP contribution is -2.40. The average Bonchev–Trinajstić information content (AvgIpc) is 3.26. The summed E-state index contributed by atoms with van der Waals surface area (Å²) in [6.07, 6.45) is 0.409. The zero-order chi connectivity index (χ0) is 26.7. The van der Waals surface area contributed by atoms with Crippen LogP contribution in [0.3, 0.4) is 0 Å². The van der Waals surface area contributed by atoms with Crippen molar-refractivity contribution in [1.82, 2.24) is 15.4 Å². The minimum Gasteiger partial charge on any atom is -0.444 e. The van der Waals surface area contributed by atoms with Gasteiger partial charge in [0, 0.05) is 19.2 Å². The first kappa shape index (κ1) is 29.1. The number of ether oxygens (including phenoxy) is 1. The van der Waals surface area contributed by atoms with Crippen molar-refractivity contribution < 1.29 is 27.9 Å². The molecular formula is C25H32F2N4O4S. The van der Waals surface area contributed by atoms with Crippen LogP contribution in [0.15, 0.2) is 59.7 Å². The predicted octanol–water partition coefficient (Wildman–Crippen LogP) is 5.61. The van der Waals surface area contributed by atoms with Crippen LogP contribution in [0.25, 0.3) is 0 Å². The quantitative estimate of drug-likeness (QED) is 0.394. The van der Waals surface area contributed by atoms with Crippen LogP contribution >= 0.6 is 11.8 Å². The molecule has 36 heavy (non-hydrogen) atoms. The lowest BCUT2D eigenvalue weighted by molar-refractivity contribution is -0.0765. The maximum Gasteiger partial charge on any atom is 0.407 e. The number of urea groups is 1. The molecule has 0 saturated heterocycles. The molecule has 0 saturated carbocycles. The maximum absolute atomic E-state index is 14.2. The Bertz CT molecular complexity index is 1010. The highest BCUT2D eigenvalue weighted by molar-refractivity contribution is 8.15. The fraction of sp³-hybridized carbons (Fsp3) is 0.400. The van der Waals surface area contributed by atoms with Gasteiger partial charge in [-0.15, -0.1) is 0 Å². The van der Waals surface area contributed by atoms with E-state index in [1.54, 1.807) is 20.8 Å². The SMILES string of the molecule is CON(C)C(=O)N1N=C(c2cc(F)ccc2F)SC1CCCNC(=O)OC(C)(C)C.c1ccccc1. The number of amides is 3. The van der Waals surface area contributed by atoms with E-state index in [0.717, 1.165) is 35.0 Å². The standard InChI is InChI=1S/C19H26F2N4O4S.C6H6/c1-19(2,3)29-17(26)22-10-6-7-15-25(18(27)24(4)28-5)23-16(30-15)13-11-12(20)8-9-14(13)21;1-2-4-6-5-3-1/h8-9,11,15H,6-7,10H2,1-5H3,(H,22,26);1-6H. The molecule has 0 bridgehead atoms. The summed E-state index contributed by atoms with van der Waals surface area (Å²) in [4.78, 5) is 29.2. The molecule has 0 aromatic heterocycles. The largest absolute Gasteiger partial charge is 0.444 e. The molecule has 1 aliphatic rings. The summed E-state index contributed by atoms with van der Waals surface area (Å²) in [6.45, 7) is 5.61. The van der Waals surface area contributed by atoms with Crippen LogP contribution in [-0.4, -0.2) is 58.9 Å². The van der Waals surface area contributed by atoms with Crippen molar-refractivity contribution in [3.05, 3.63) is 71.8 Å². The van der Waals surface area contributed by atoms with Crippen molar-refractivity contribution in [2.24, 2.45) is 5.10 Å². The second-order valence-electron chi connectivity index (χ2n) is 8.63. The monoisotopic (exact) mass is 522 g/mol. The fourth-order valence-electron chi connectivity index (χ4n) is 2.88. The minimum atomic E-state index is -0.637. The van der Waals surface area contributed by atoms with Crippen molar-refractivity contribution in [2.45, 2.75) is 44.6 Å². The third kappa shape index (κ3) is 9.46. The van der Waals surface area contributed by atoms with Gasteiger partial charge in [0.25, 0.3) is 0 Å². The van der Waals surface area contributed by atoms with Crippen molar-refractivity contribution in [3.63, 3.8) is 0 Å². The summed E-state index contributed by atoms with van der Waals surface area (Å²) in [5, 5.41) is 8.71. The molecule has 0 fully saturated rings. The number of nitrogens with zero attached hydrogens (tertiary/aromatic N) is 3. The van der Waals surface area contributed by atoms with E-state index in [-0.39, 0.29) is 10.6 Å². The smallest absolute Gasteiger partial charge is 0.407 e. The Balaban J connectivity index is 0.000000662. The van der Waals surface area contributed by atoms with Crippen LogP contribution in [0.5, 0.6) is 0 Å². The van der Waals surface area contributed by atoms with Crippen molar-refractivity contribution in [3.8, 4) is 0 Å². The van der Waals surface area contributed by atoms with Gasteiger partial charge in [0.05, 0.1) is 7.11 Å². The number of hydrogen-bond acceptors (Lipinski definition) is 6. The second-order valence-corrected chi connectivity index (χ2v) is 9.80. The van der Waals surface area contributed by atoms with E-state index in [2.05, 4.69) is 10.4 Å². The van der Waals surface area contributed by atoms with E-state index < -0.39 is 34.7 Å². The topological polar surface area (TPSA) is 83.5 Å². The normalized spacial score (nSPS) is 14.9. The van der Waals surface area contributed by atoms with Crippen LogP contribution < -0.4 is 5.32 Å². The van der Waals surface area contributed by atoms with E-state index in [1.165, 1.54) is 19.2 Å². The molecule has 1 N–H and O–H groups in total. The van der Waals surface area contributed by atoms with Crippen LogP contribution in [-0.2, 0) is 9.57 Å². The molecule has 3 amide bonds. The summed E-state index contributed by atoms with van der Waals surface area (Å²) in [6, 6.07) is 14.5. The highest BCUT2D eigenvalue weighted by atomic mass is 32.2. The van der Waals surface area contributed by atoms with E-state index in [0.29, 0.717) is 19.4 Å². The zero-order valence-electron chi connectivity index (χ0n) is 21.0. The van der Waals surface area contributed by atoms with E-state index in [4.69, 9.17) is 9.57 Å². The number of carbonyl (C=O) groups excluding carboxylic acids is 2. The summed E-state index contributed by atoms with van der Waals surface area (Å²) >= 11 is 1.14. The van der Waals surface area contributed by atoms with E-state index >= 15 is 0 Å². The van der Waals surface area contributed by atoms with Crippen LogP contribution in [0.1, 0.15) is 39.2 Å². The van der Waals surface area contributed by atoms with Gasteiger partial charge in [0.1, 0.15) is 27.7 Å². The molecular weight excluding hydrogens is 490 g/mol. The van der Waals surface area contributed by atoms with Crippen molar-refractivity contribution in [1.29, 1.82) is 0 Å². The Morgan fingerprint density at radius 1 is 1.14 bits per heavy atom. The molecule has 0 aliphatic carbocycles. The molecule has 2 aromatic rings. The minimum absolute atomic E-state index is 0.0211. The van der Waals surface area contributed by atoms with Gasteiger partial charge in [-0.2, -0.15) is 10.1 Å². The highest BCUT2D eigenvalue weighted by Crippen LogP contribution is 2.34. The predicted molar refractivity (Wildman–Crippen MR) is 136 cm³/mol. The van der Waals surface area contributed by atoms with Gasteiger partial charge in [-0.3, -0.25) is 4.84 Å². The van der Waals surface area contributed by atoms with Crippen molar-refractivity contribution >= 4 is 28.9 Å². The second kappa shape index (κ2) is 13.8. The zero-order valence-corrected chi connectivity index (χ0v) is 21.9. The Morgan fingerprint density at radius 2 is 1.75 bits per heavy atom. The maximum atomic E-state index is 14.2. The number of thioether (sulfide) groups is 1. The van der Waals surface area contributed by atoms with Gasteiger partial charge in [0.15, 0.2) is 0 Å². The number of hydrazone groups is 1. The highest BCUT2D eigenvalue weighted by Gasteiger charge is 2.35. The first-order valence-electron chi connectivity index (χ1n) is 11.3. The molecule has 1 unspecified atom stereocenters. The van der Waals surface area contributed by atoms with Gasteiger partial charge < -0.3 is 10.1 Å². The van der Waals surface area contributed by atoms with E-state index in [1.807, 2.05) is 36.4 Å². The Hall–Kier alpha value is -3.18. The average molecular weight is 523 g/mol. The number of rotatable bonds is 6. The summed E-state index contributed by atoms with van der Waals surface area (Å²) in [7, 11) is 2.75. The Morgan fingerprint density at radius 3 is 2.31 bits per heavy atom. The number of carbonyl (C=O) groups is 2. The number of halogens is 2. The Labute approximate surface area is 214 Å². The number of nitrogens with one attached hydrogen (secondary N) is 1. The van der Waals surface area contributed by atoms with Crippen molar-refractivity contribution in [2.75, 3.05) is 20.7 Å². The lowest BCUT2D eigenvalue weighted by Gasteiger charge is -2.24. The van der Waals surface area contributed by atoms with Gasteiger partial charge in [-0.1, -0.05) is 48.2 Å². The van der Waals surface area contributed by atoms with Gasteiger partial charge in [-0.05, 0) is 51.8 Å². The Kier molecular flexibility index (Phi) is 11.1. The van der Waals surface area contributed by atoms with Crippen LogP contribution in [0.2, 0.25) is 0 Å². The third-order valence-electron chi connectivity index (χ3n) is 4.58. The molecule has 0 spiro atoms. The number of hydrogen-bond donors (Lipinski definition) is 1. The number of alkyl carbamates (subject to hydrolysis) is 1. The first-order chi connectivity index (χ1) is 17.0. The molecule has 196 valence electrons. The summed E-state index contributed by atoms with van der Waals surface area (Å²) < 4.78 is 32.9. The molecule has 3 rings (SSSR count). The molecule has 1 heterocycles. The number of benzene rings is 2. The third-order valence-corrected chi connectivity index (χ3v) is 5.81. The fourth-order valence-corrected chi connectivity index (χ4v) is 4.08. The molecule has 0 radical (unpaired) electrons. The summed E-state index contributed by atoms with van der Waals surface area (Å²) in [5.41, 5.74) is -0.621. The number of hydroxylamine groups is 2. The van der Waals surface area contributed by atoms with Gasteiger partial charge >= 0.3 is 12.1 Å². The molecule has 1 aliphatic heterocycles. The summed E-state index contributed by atoms with van der Waals surface area (Å²) in [5.74, 6) is -1.24. The van der Waals surface area contributed by atoms with Crippen LogP contribution in [0.4, 0.5) is 18.4 Å². The van der Waals surface area contributed by atoms with E-state index in [9.17, 15) is 18.4 Å². The van der Waals surface area contributed by atoms with Gasteiger partial charge in [-0.25, -0.2) is 23.4 Å².